The van der Waals surface area contributed by atoms with Crippen LogP contribution in [0.5, 0.6) is 0 Å². The second-order valence-electron chi connectivity index (χ2n) is 6.00. The van der Waals surface area contributed by atoms with E-state index in [1.54, 1.807) is 22.8 Å². The number of nitrogens with zero attached hydrogens (tertiary/aromatic N) is 2. The van der Waals surface area contributed by atoms with E-state index in [0.717, 1.165) is 10.4 Å². The lowest BCUT2D eigenvalue weighted by Gasteiger charge is -2.24. The van der Waals surface area contributed by atoms with E-state index in [2.05, 4.69) is 4.99 Å². The highest BCUT2D eigenvalue weighted by molar-refractivity contribution is 7.11. The molecule has 1 aliphatic rings. The van der Waals surface area contributed by atoms with Crippen molar-refractivity contribution in [2.45, 2.75) is 13.0 Å². The molecule has 1 atom stereocenters. The van der Waals surface area contributed by atoms with E-state index in [1.807, 2.05) is 53.9 Å². The Bertz CT molecular complexity index is 1200. The molecule has 0 saturated heterocycles. The Morgan fingerprint density at radius 2 is 2.00 bits per heavy atom. The van der Waals surface area contributed by atoms with Gasteiger partial charge in [0, 0.05) is 4.88 Å². The first-order valence-electron chi connectivity index (χ1n) is 8.29. The van der Waals surface area contributed by atoms with Crippen molar-refractivity contribution < 1.29 is 9.53 Å². The van der Waals surface area contributed by atoms with Crippen molar-refractivity contribution in [1.82, 2.24) is 4.57 Å². The molecule has 3 aromatic rings. The van der Waals surface area contributed by atoms with Gasteiger partial charge in [0.05, 0.1) is 29.0 Å². The van der Waals surface area contributed by atoms with E-state index in [-0.39, 0.29) is 5.56 Å². The number of carbonyl (C=O) groups excluding carboxylic acids is 1. The Morgan fingerprint density at radius 3 is 2.67 bits per heavy atom. The molecule has 0 N–H and O–H groups in total. The molecule has 3 heterocycles. The van der Waals surface area contributed by atoms with Crippen molar-refractivity contribution in [3.63, 3.8) is 0 Å². The van der Waals surface area contributed by atoms with E-state index in [4.69, 9.17) is 4.74 Å². The van der Waals surface area contributed by atoms with Crippen LogP contribution in [0.4, 0.5) is 0 Å². The summed E-state index contributed by atoms with van der Waals surface area (Å²) in [6, 6.07) is 12.8. The average molecular weight is 396 g/mol. The molecule has 0 bridgehead atoms. The number of ether oxygens (including phenoxy) is 1. The van der Waals surface area contributed by atoms with Crippen molar-refractivity contribution >= 4 is 34.7 Å². The number of esters is 1. The first-order chi connectivity index (χ1) is 13.1. The number of thiazole rings is 1. The number of methoxy groups -OCH3 is 1. The SMILES string of the molecule is COC(=O)C1=C(C)N=c2s/c(=C/c3cccs3)c(=O)n2[C@@H]1c1ccccc1. The lowest BCUT2D eigenvalue weighted by Crippen LogP contribution is -2.39. The molecule has 0 amide bonds. The van der Waals surface area contributed by atoms with E-state index in [0.29, 0.717) is 20.6 Å². The fourth-order valence-corrected chi connectivity index (χ4v) is 4.92. The number of thiophene rings is 1. The number of allylic oxidation sites excluding steroid dienone is 1. The lowest BCUT2D eigenvalue weighted by atomic mass is 9.96. The Morgan fingerprint density at radius 1 is 1.22 bits per heavy atom. The van der Waals surface area contributed by atoms with Crippen LogP contribution in [0.15, 0.2) is 68.9 Å². The largest absolute Gasteiger partial charge is 0.466 e. The van der Waals surface area contributed by atoms with Gasteiger partial charge in [-0.3, -0.25) is 9.36 Å². The third kappa shape index (κ3) is 3.09. The first kappa shape index (κ1) is 17.6. The maximum Gasteiger partial charge on any atom is 0.338 e. The van der Waals surface area contributed by atoms with Gasteiger partial charge in [-0.15, -0.1) is 11.3 Å². The molecular weight excluding hydrogens is 380 g/mol. The summed E-state index contributed by atoms with van der Waals surface area (Å²) in [5.41, 5.74) is 1.64. The molecular formula is C20H16N2O3S2. The fraction of sp³-hybridized carbons (Fsp3) is 0.150. The zero-order chi connectivity index (χ0) is 19.0. The van der Waals surface area contributed by atoms with Gasteiger partial charge in [0.15, 0.2) is 4.80 Å². The number of rotatable bonds is 3. The molecule has 0 radical (unpaired) electrons. The lowest BCUT2D eigenvalue weighted by molar-refractivity contribution is -0.136. The number of hydrogen-bond acceptors (Lipinski definition) is 6. The molecule has 1 aliphatic heterocycles. The van der Waals surface area contributed by atoms with Gasteiger partial charge >= 0.3 is 5.97 Å². The Hall–Kier alpha value is -2.77. The maximum absolute atomic E-state index is 13.2. The quantitative estimate of drug-likeness (QED) is 0.639. The van der Waals surface area contributed by atoms with Crippen molar-refractivity contribution in [3.8, 4) is 0 Å². The standard InChI is InChI=1S/C20H16N2O3S2/c1-12-16(19(24)25-2)17(13-7-4-3-5-8-13)22-18(23)15(27-20(22)21-12)11-14-9-6-10-26-14/h3-11,17H,1-2H3/b15-11+/t17-/m1/s1. The molecule has 4 rings (SSSR count). The van der Waals surface area contributed by atoms with Crippen LogP contribution in [0.2, 0.25) is 0 Å². The van der Waals surface area contributed by atoms with Crippen molar-refractivity contribution in [3.05, 3.63) is 89.2 Å². The second kappa shape index (κ2) is 7.09. The van der Waals surface area contributed by atoms with Gasteiger partial charge in [-0.2, -0.15) is 0 Å². The average Bonchev–Trinajstić information content (AvgIpc) is 3.29. The molecule has 0 unspecified atom stereocenters. The van der Waals surface area contributed by atoms with Crippen LogP contribution in [0.3, 0.4) is 0 Å². The topological polar surface area (TPSA) is 60.7 Å². The highest BCUT2D eigenvalue weighted by Crippen LogP contribution is 2.30. The van der Waals surface area contributed by atoms with Crippen molar-refractivity contribution in [2.75, 3.05) is 7.11 Å². The van der Waals surface area contributed by atoms with Crippen LogP contribution in [-0.4, -0.2) is 17.6 Å². The molecule has 27 heavy (non-hydrogen) atoms. The molecule has 7 heteroatoms. The summed E-state index contributed by atoms with van der Waals surface area (Å²) in [5.74, 6) is -0.474. The highest BCUT2D eigenvalue weighted by Gasteiger charge is 2.32. The minimum Gasteiger partial charge on any atom is -0.466 e. The summed E-state index contributed by atoms with van der Waals surface area (Å²) >= 11 is 2.90. The molecule has 2 aromatic heterocycles. The Balaban J connectivity index is 2.00. The van der Waals surface area contributed by atoms with Gasteiger partial charge in [-0.25, -0.2) is 9.79 Å². The summed E-state index contributed by atoms with van der Waals surface area (Å²) in [4.78, 5) is 31.8. The molecule has 0 saturated carbocycles. The van der Waals surface area contributed by atoms with Gasteiger partial charge in [-0.1, -0.05) is 47.7 Å². The van der Waals surface area contributed by atoms with Gasteiger partial charge in [0.1, 0.15) is 0 Å². The number of aromatic nitrogens is 1. The summed E-state index contributed by atoms with van der Waals surface area (Å²) < 4.78 is 7.17. The van der Waals surface area contributed by atoms with Gasteiger partial charge in [0.2, 0.25) is 0 Å². The number of fused-ring (bicyclic) bond motifs is 1. The smallest absolute Gasteiger partial charge is 0.338 e. The van der Waals surface area contributed by atoms with Gasteiger partial charge in [0.25, 0.3) is 5.56 Å². The molecule has 0 fully saturated rings. The molecule has 1 aromatic carbocycles. The summed E-state index contributed by atoms with van der Waals surface area (Å²) in [7, 11) is 1.34. The van der Waals surface area contributed by atoms with Crippen LogP contribution >= 0.6 is 22.7 Å². The fourth-order valence-electron chi connectivity index (χ4n) is 3.15. The Kier molecular flexibility index (Phi) is 4.63. The second-order valence-corrected chi connectivity index (χ2v) is 7.99. The predicted molar refractivity (Wildman–Crippen MR) is 107 cm³/mol. The molecule has 0 aliphatic carbocycles. The molecule has 0 spiro atoms. The summed E-state index contributed by atoms with van der Waals surface area (Å²) in [6.45, 7) is 1.78. The Labute approximate surface area is 163 Å². The number of hydrogen-bond donors (Lipinski definition) is 0. The van der Waals surface area contributed by atoms with Gasteiger partial charge < -0.3 is 4.74 Å². The zero-order valence-corrected chi connectivity index (χ0v) is 16.3. The minimum atomic E-state index is -0.555. The van der Waals surface area contributed by atoms with E-state index < -0.39 is 12.0 Å². The van der Waals surface area contributed by atoms with Crippen molar-refractivity contribution in [1.29, 1.82) is 0 Å². The number of benzene rings is 1. The summed E-state index contributed by atoms with van der Waals surface area (Å²) in [6.07, 6.45) is 1.87. The van der Waals surface area contributed by atoms with Crippen LogP contribution in [0.25, 0.3) is 6.08 Å². The van der Waals surface area contributed by atoms with Crippen molar-refractivity contribution in [2.24, 2.45) is 4.99 Å². The first-order valence-corrected chi connectivity index (χ1v) is 9.99. The highest BCUT2D eigenvalue weighted by atomic mass is 32.1. The van der Waals surface area contributed by atoms with Crippen LogP contribution in [-0.2, 0) is 9.53 Å². The minimum absolute atomic E-state index is 0.157. The maximum atomic E-state index is 13.2. The molecule has 5 nitrogen and oxygen atoms in total. The summed E-state index contributed by atoms with van der Waals surface area (Å²) in [5, 5.41) is 1.97. The van der Waals surface area contributed by atoms with E-state index in [1.165, 1.54) is 18.4 Å². The third-order valence-electron chi connectivity index (χ3n) is 4.36. The predicted octanol–water partition coefficient (Wildman–Crippen LogP) is 2.47. The van der Waals surface area contributed by atoms with Crippen LogP contribution in [0.1, 0.15) is 23.4 Å². The van der Waals surface area contributed by atoms with Crippen LogP contribution < -0.4 is 14.9 Å². The monoisotopic (exact) mass is 396 g/mol. The number of carbonyl (C=O) groups is 1. The van der Waals surface area contributed by atoms with E-state index in [9.17, 15) is 9.59 Å². The van der Waals surface area contributed by atoms with Crippen LogP contribution in [0, 0.1) is 0 Å². The normalized spacial score (nSPS) is 16.8. The van der Waals surface area contributed by atoms with Gasteiger partial charge in [-0.05, 0) is 30.0 Å². The molecule has 136 valence electrons. The third-order valence-corrected chi connectivity index (χ3v) is 6.16. The van der Waals surface area contributed by atoms with E-state index >= 15 is 0 Å². The zero-order valence-electron chi connectivity index (χ0n) is 14.7.